The molecule has 1 fully saturated rings. The van der Waals surface area contributed by atoms with Gasteiger partial charge in [-0.25, -0.2) is 4.98 Å². The smallest absolute Gasteiger partial charge is 0.272 e. The lowest BCUT2D eigenvalue weighted by molar-refractivity contribution is -0.385. The summed E-state index contributed by atoms with van der Waals surface area (Å²) in [6, 6.07) is 4.92. The Morgan fingerprint density at radius 3 is 2.96 bits per heavy atom. The van der Waals surface area contributed by atoms with Crippen LogP contribution in [0.3, 0.4) is 0 Å². The Morgan fingerprint density at radius 1 is 1.46 bits per heavy atom. The molecule has 26 heavy (non-hydrogen) atoms. The van der Waals surface area contributed by atoms with Gasteiger partial charge in [-0.2, -0.15) is 0 Å². The predicted octanol–water partition coefficient (Wildman–Crippen LogP) is 3.99. The molecule has 1 unspecified atom stereocenters. The van der Waals surface area contributed by atoms with Crippen LogP contribution in [0.4, 0.5) is 10.8 Å². The van der Waals surface area contributed by atoms with Crippen molar-refractivity contribution >= 4 is 28.1 Å². The number of hydrogen-bond donors (Lipinski definition) is 1. The lowest BCUT2D eigenvalue weighted by atomic mass is 10.0. The average molecular weight is 374 g/mol. The number of rotatable bonds is 5. The molecule has 0 aliphatic carbocycles. The van der Waals surface area contributed by atoms with Crippen molar-refractivity contribution < 1.29 is 9.72 Å². The van der Waals surface area contributed by atoms with E-state index >= 15 is 0 Å². The van der Waals surface area contributed by atoms with Crippen LogP contribution >= 0.6 is 11.3 Å². The summed E-state index contributed by atoms with van der Waals surface area (Å²) in [6.07, 6.45) is 5.55. The van der Waals surface area contributed by atoms with Gasteiger partial charge in [0.2, 0.25) is 0 Å². The first kappa shape index (κ1) is 18.5. The maximum atomic E-state index is 12.4. The third-order valence-corrected chi connectivity index (χ3v) is 5.63. The summed E-state index contributed by atoms with van der Waals surface area (Å²) in [5.41, 5.74) is 0.852. The van der Waals surface area contributed by atoms with Gasteiger partial charge in [-0.1, -0.05) is 6.42 Å². The summed E-state index contributed by atoms with van der Waals surface area (Å²) in [5, 5.41) is 14.2. The SMILES string of the molecule is Cc1cc(C(=O)Nc2ncc(CN3CCCCC3C)s2)ccc1[N+](=O)[O-]. The summed E-state index contributed by atoms with van der Waals surface area (Å²) in [4.78, 5) is 30.7. The summed E-state index contributed by atoms with van der Waals surface area (Å²) in [7, 11) is 0. The van der Waals surface area contributed by atoms with Gasteiger partial charge in [0.15, 0.2) is 5.13 Å². The van der Waals surface area contributed by atoms with Crippen LogP contribution in [0.2, 0.25) is 0 Å². The molecule has 1 aromatic heterocycles. The number of carbonyl (C=O) groups excluding carboxylic acids is 1. The largest absolute Gasteiger partial charge is 0.298 e. The van der Waals surface area contributed by atoms with Gasteiger partial charge < -0.3 is 0 Å². The van der Waals surface area contributed by atoms with Crippen molar-refractivity contribution in [2.45, 2.75) is 45.7 Å². The first-order valence-electron chi connectivity index (χ1n) is 8.69. The number of aromatic nitrogens is 1. The van der Waals surface area contributed by atoms with Gasteiger partial charge in [0.1, 0.15) is 0 Å². The zero-order valence-electron chi connectivity index (χ0n) is 14.9. The molecule has 2 heterocycles. The fourth-order valence-electron chi connectivity index (χ4n) is 3.20. The summed E-state index contributed by atoms with van der Waals surface area (Å²) < 4.78 is 0. The quantitative estimate of drug-likeness (QED) is 0.631. The molecular formula is C18H22N4O3S. The molecule has 1 N–H and O–H groups in total. The fourth-order valence-corrected chi connectivity index (χ4v) is 4.04. The molecule has 1 aliphatic rings. The van der Waals surface area contributed by atoms with E-state index in [-0.39, 0.29) is 11.6 Å². The maximum Gasteiger partial charge on any atom is 0.272 e. The number of nitrogens with one attached hydrogen (secondary N) is 1. The topological polar surface area (TPSA) is 88.4 Å². The second-order valence-electron chi connectivity index (χ2n) is 6.66. The Labute approximate surface area is 156 Å². The summed E-state index contributed by atoms with van der Waals surface area (Å²) in [6.45, 7) is 5.82. The van der Waals surface area contributed by atoms with E-state index in [1.807, 2.05) is 6.20 Å². The zero-order valence-corrected chi connectivity index (χ0v) is 15.7. The molecule has 138 valence electrons. The predicted molar refractivity (Wildman–Crippen MR) is 102 cm³/mol. The van der Waals surface area contributed by atoms with Gasteiger partial charge >= 0.3 is 0 Å². The minimum absolute atomic E-state index is 0.00809. The van der Waals surface area contributed by atoms with Crippen molar-refractivity contribution in [1.82, 2.24) is 9.88 Å². The van der Waals surface area contributed by atoms with E-state index in [4.69, 9.17) is 0 Å². The third-order valence-electron chi connectivity index (χ3n) is 4.73. The number of nitro groups is 1. The minimum Gasteiger partial charge on any atom is -0.298 e. The van der Waals surface area contributed by atoms with E-state index < -0.39 is 4.92 Å². The lowest BCUT2D eigenvalue weighted by Crippen LogP contribution is -2.36. The molecule has 7 nitrogen and oxygen atoms in total. The number of likely N-dealkylation sites (tertiary alicyclic amines) is 1. The van der Waals surface area contributed by atoms with E-state index in [0.29, 0.717) is 22.3 Å². The van der Waals surface area contributed by atoms with Gasteiger partial charge in [0.25, 0.3) is 11.6 Å². The molecule has 1 amide bonds. The molecule has 1 atom stereocenters. The molecular weight excluding hydrogens is 352 g/mol. The minimum atomic E-state index is -0.453. The standard InChI is InChI=1S/C18H22N4O3S/c1-12-9-14(6-7-16(12)22(24)25)17(23)20-18-19-10-15(26-18)11-21-8-4-3-5-13(21)2/h6-7,9-10,13H,3-5,8,11H2,1-2H3,(H,19,20,23). The van der Waals surface area contributed by atoms with Gasteiger partial charge in [-0.05, 0) is 45.4 Å². The molecule has 3 rings (SSSR count). The number of anilines is 1. The van der Waals surface area contributed by atoms with Crippen molar-refractivity contribution in [2.24, 2.45) is 0 Å². The van der Waals surface area contributed by atoms with Crippen molar-refractivity contribution in [1.29, 1.82) is 0 Å². The highest BCUT2D eigenvalue weighted by molar-refractivity contribution is 7.15. The molecule has 1 saturated heterocycles. The number of hydrogen-bond acceptors (Lipinski definition) is 6. The Morgan fingerprint density at radius 2 is 2.27 bits per heavy atom. The molecule has 0 saturated carbocycles. The van der Waals surface area contributed by atoms with Gasteiger partial charge in [-0.3, -0.25) is 25.1 Å². The van der Waals surface area contributed by atoms with Crippen LogP contribution in [0.1, 0.15) is 47.0 Å². The molecule has 0 radical (unpaired) electrons. The van der Waals surface area contributed by atoms with Crippen molar-refractivity contribution in [2.75, 3.05) is 11.9 Å². The Kier molecular flexibility index (Phi) is 5.63. The number of carbonyl (C=O) groups is 1. The number of thiazole rings is 1. The number of amides is 1. The van der Waals surface area contributed by atoms with E-state index in [0.717, 1.165) is 18.0 Å². The Hall–Kier alpha value is -2.32. The number of benzene rings is 1. The fraction of sp³-hybridized carbons (Fsp3) is 0.444. The molecule has 8 heteroatoms. The van der Waals surface area contributed by atoms with Crippen molar-refractivity contribution in [3.05, 3.63) is 50.5 Å². The van der Waals surface area contributed by atoms with Gasteiger partial charge in [-0.15, -0.1) is 11.3 Å². The van der Waals surface area contributed by atoms with Crippen LogP contribution in [0.5, 0.6) is 0 Å². The Bertz CT molecular complexity index is 821. The van der Waals surface area contributed by atoms with Crippen LogP contribution in [0, 0.1) is 17.0 Å². The highest BCUT2D eigenvalue weighted by atomic mass is 32.1. The highest BCUT2D eigenvalue weighted by Gasteiger charge is 2.20. The molecule has 0 spiro atoms. The third kappa shape index (κ3) is 4.25. The van der Waals surface area contributed by atoms with Crippen LogP contribution in [-0.4, -0.2) is 33.3 Å². The maximum absolute atomic E-state index is 12.4. The monoisotopic (exact) mass is 374 g/mol. The van der Waals surface area contributed by atoms with E-state index in [2.05, 4.69) is 22.1 Å². The number of nitro benzene ring substituents is 1. The number of aryl methyl sites for hydroxylation is 1. The molecule has 2 aromatic rings. The second-order valence-corrected chi connectivity index (χ2v) is 7.77. The Balaban J connectivity index is 1.64. The normalized spacial score (nSPS) is 17.8. The van der Waals surface area contributed by atoms with Crippen molar-refractivity contribution in [3.63, 3.8) is 0 Å². The summed E-state index contributed by atoms with van der Waals surface area (Å²) in [5.74, 6) is -0.310. The first-order chi connectivity index (χ1) is 12.4. The van der Waals surface area contributed by atoms with Crippen LogP contribution in [0.25, 0.3) is 0 Å². The molecule has 0 bridgehead atoms. The van der Waals surface area contributed by atoms with E-state index in [9.17, 15) is 14.9 Å². The van der Waals surface area contributed by atoms with E-state index in [1.54, 1.807) is 6.92 Å². The zero-order chi connectivity index (χ0) is 18.7. The van der Waals surface area contributed by atoms with Crippen LogP contribution < -0.4 is 5.32 Å². The van der Waals surface area contributed by atoms with Gasteiger partial charge in [0, 0.05) is 40.9 Å². The molecule has 1 aliphatic heterocycles. The van der Waals surface area contributed by atoms with Gasteiger partial charge in [0.05, 0.1) is 4.92 Å². The van der Waals surface area contributed by atoms with Crippen LogP contribution in [0.15, 0.2) is 24.4 Å². The van der Waals surface area contributed by atoms with Crippen molar-refractivity contribution in [3.8, 4) is 0 Å². The second kappa shape index (κ2) is 7.92. The highest BCUT2D eigenvalue weighted by Crippen LogP contribution is 2.25. The molecule has 1 aromatic carbocycles. The van der Waals surface area contributed by atoms with E-state index in [1.165, 1.54) is 48.8 Å². The lowest BCUT2D eigenvalue weighted by Gasteiger charge is -2.32. The number of nitrogens with zero attached hydrogens (tertiary/aromatic N) is 3. The summed E-state index contributed by atoms with van der Waals surface area (Å²) >= 11 is 1.47. The first-order valence-corrected chi connectivity index (χ1v) is 9.51. The van der Waals surface area contributed by atoms with Crippen LogP contribution in [-0.2, 0) is 6.54 Å². The average Bonchev–Trinajstić information content (AvgIpc) is 3.03. The number of piperidine rings is 1.